The van der Waals surface area contributed by atoms with Gasteiger partial charge in [-0.2, -0.15) is 0 Å². The average Bonchev–Trinajstić information content (AvgIpc) is 2.62. The molecule has 0 unspecified atom stereocenters. The number of aromatic nitrogens is 3. The molecule has 0 radical (unpaired) electrons. The lowest BCUT2D eigenvalue weighted by atomic mass is 9.99. The molecule has 0 atom stereocenters. The molecule has 1 fully saturated rings. The van der Waals surface area contributed by atoms with Crippen LogP contribution in [0.2, 0.25) is 0 Å². The van der Waals surface area contributed by atoms with Crippen LogP contribution in [-0.2, 0) is 0 Å². The van der Waals surface area contributed by atoms with Gasteiger partial charge in [0, 0.05) is 30.7 Å². The fourth-order valence-electron chi connectivity index (χ4n) is 3.36. The molecule has 2 aromatic heterocycles. The summed E-state index contributed by atoms with van der Waals surface area (Å²) >= 11 is 0. The minimum absolute atomic E-state index is 0.784. The van der Waals surface area contributed by atoms with Gasteiger partial charge in [0.2, 0.25) is 0 Å². The summed E-state index contributed by atoms with van der Waals surface area (Å²) in [6, 6.07) is 12.2. The summed E-state index contributed by atoms with van der Waals surface area (Å²) in [6.07, 6.45) is 4.26. The standard InChI is InChI=1S/C20H23N5/c1-14-8-11-25(12-9-14)19-13-18(22-15(2)23-19)24-17-7-3-5-16-6-4-10-21-20(16)17/h3-7,10,13-14H,8-9,11-12H2,1-2H3,(H,22,23,24). The highest BCUT2D eigenvalue weighted by Gasteiger charge is 2.18. The van der Waals surface area contributed by atoms with Crippen molar-refractivity contribution in [3.8, 4) is 0 Å². The first-order chi connectivity index (χ1) is 12.2. The number of nitrogens with one attached hydrogen (secondary N) is 1. The van der Waals surface area contributed by atoms with Crippen LogP contribution in [0.1, 0.15) is 25.6 Å². The Kier molecular flexibility index (Phi) is 4.22. The monoisotopic (exact) mass is 333 g/mol. The molecular formula is C20H23N5. The molecule has 1 aliphatic heterocycles. The van der Waals surface area contributed by atoms with Crippen LogP contribution in [0.25, 0.3) is 10.9 Å². The fourth-order valence-corrected chi connectivity index (χ4v) is 3.36. The molecule has 1 aliphatic rings. The van der Waals surface area contributed by atoms with Crippen LogP contribution >= 0.6 is 0 Å². The van der Waals surface area contributed by atoms with E-state index in [-0.39, 0.29) is 0 Å². The Balaban J connectivity index is 1.64. The maximum absolute atomic E-state index is 4.65. The van der Waals surface area contributed by atoms with E-state index in [0.29, 0.717) is 0 Å². The molecule has 1 N–H and O–H groups in total. The van der Waals surface area contributed by atoms with Gasteiger partial charge in [-0.05, 0) is 37.8 Å². The van der Waals surface area contributed by atoms with Crippen LogP contribution in [0.4, 0.5) is 17.3 Å². The van der Waals surface area contributed by atoms with Crippen LogP contribution in [0.5, 0.6) is 0 Å². The average molecular weight is 333 g/mol. The number of rotatable bonds is 3. The summed E-state index contributed by atoms with van der Waals surface area (Å²) in [4.78, 5) is 16.1. The summed E-state index contributed by atoms with van der Waals surface area (Å²) in [5.74, 6) is 3.42. The molecule has 0 aliphatic carbocycles. The van der Waals surface area contributed by atoms with Crippen molar-refractivity contribution in [2.24, 2.45) is 5.92 Å². The predicted octanol–water partition coefficient (Wildman–Crippen LogP) is 4.31. The Bertz CT molecular complexity index is 879. The highest BCUT2D eigenvalue weighted by atomic mass is 15.2. The van der Waals surface area contributed by atoms with E-state index >= 15 is 0 Å². The SMILES string of the molecule is Cc1nc(Nc2cccc3cccnc23)cc(N2CCC(C)CC2)n1. The molecule has 3 heterocycles. The second-order valence-corrected chi connectivity index (χ2v) is 6.83. The summed E-state index contributed by atoms with van der Waals surface area (Å²) in [6.45, 7) is 6.39. The Morgan fingerprint density at radius 3 is 2.72 bits per heavy atom. The largest absolute Gasteiger partial charge is 0.356 e. The van der Waals surface area contributed by atoms with Crippen molar-refractivity contribution in [1.29, 1.82) is 0 Å². The first kappa shape index (κ1) is 15.8. The number of para-hydroxylation sites is 1. The molecule has 3 aromatic rings. The maximum atomic E-state index is 4.65. The zero-order valence-corrected chi connectivity index (χ0v) is 14.7. The van der Waals surface area contributed by atoms with Crippen LogP contribution < -0.4 is 10.2 Å². The molecule has 1 saturated heterocycles. The zero-order valence-electron chi connectivity index (χ0n) is 14.7. The maximum Gasteiger partial charge on any atom is 0.136 e. The molecule has 1 aromatic carbocycles. The highest BCUT2D eigenvalue weighted by Crippen LogP contribution is 2.27. The third kappa shape index (κ3) is 3.40. The number of nitrogens with zero attached hydrogens (tertiary/aromatic N) is 4. The molecule has 0 bridgehead atoms. The smallest absolute Gasteiger partial charge is 0.136 e. The molecule has 0 amide bonds. The molecule has 0 saturated carbocycles. The van der Waals surface area contributed by atoms with Crippen molar-refractivity contribution in [3.63, 3.8) is 0 Å². The molecular weight excluding hydrogens is 310 g/mol. The van der Waals surface area contributed by atoms with Crippen molar-refractivity contribution in [2.45, 2.75) is 26.7 Å². The lowest BCUT2D eigenvalue weighted by Gasteiger charge is -2.31. The number of piperidine rings is 1. The molecule has 5 heteroatoms. The van der Waals surface area contributed by atoms with Crippen molar-refractivity contribution < 1.29 is 0 Å². The summed E-state index contributed by atoms with van der Waals surface area (Å²) < 4.78 is 0. The third-order valence-corrected chi connectivity index (χ3v) is 4.83. The van der Waals surface area contributed by atoms with E-state index in [9.17, 15) is 0 Å². The van der Waals surface area contributed by atoms with Gasteiger partial charge in [0.15, 0.2) is 0 Å². The summed E-state index contributed by atoms with van der Waals surface area (Å²) in [7, 11) is 0. The Morgan fingerprint density at radius 2 is 1.88 bits per heavy atom. The summed E-state index contributed by atoms with van der Waals surface area (Å²) in [5, 5.41) is 4.55. The Hall–Kier alpha value is -2.69. The van der Waals surface area contributed by atoms with Gasteiger partial charge in [0.05, 0.1) is 11.2 Å². The van der Waals surface area contributed by atoms with Gasteiger partial charge in [0.25, 0.3) is 0 Å². The third-order valence-electron chi connectivity index (χ3n) is 4.83. The van der Waals surface area contributed by atoms with Gasteiger partial charge < -0.3 is 10.2 Å². The number of hydrogen-bond acceptors (Lipinski definition) is 5. The normalized spacial score (nSPS) is 15.5. The van der Waals surface area contributed by atoms with Crippen LogP contribution in [0.15, 0.2) is 42.6 Å². The van der Waals surface area contributed by atoms with Crippen molar-refractivity contribution in [3.05, 3.63) is 48.4 Å². The molecule has 25 heavy (non-hydrogen) atoms. The van der Waals surface area contributed by atoms with Crippen molar-refractivity contribution in [1.82, 2.24) is 15.0 Å². The highest BCUT2D eigenvalue weighted by molar-refractivity contribution is 5.91. The van der Waals surface area contributed by atoms with E-state index in [1.807, 2.05) is 37.4 Å². The van der Waals surface area contributed by atoms with Gasteiger partial charge in [-0.15, -0.1) is 0 Å². The number of aryl methyl sites for hydroxylation is 1. The molecule has 5 nitrogen and oxygen atoms in total. The van der Waals surface area contributed by atoms with E-state index in [1.165, 1.54) is 12.8 Å². The van der Waals surface area contributed by atoms with Gasteiger partial charge >= 0.3 is 0 Å². The zero-order chi connectivity index (χ0) is 17.2. The number of fused-ring (bicyclic) bond motifs is 1. The number of pyridine rings is 1. The van der Waals surface area contributed by atoms with Crippen LogP contribution in [0, 0.1) is 12.8 Å². The molecule has 128 valence electrons. The van der Waals surface area contributed by atoms with E-state index in [4.69, 9.17) is 0 Å². The van der Waals surface area contributed by atoms with E-state index in [0.717, 1.165) is 53.1 Å². The second-order valence-electron chi connectivity index (χ2n) is 6.83. The van der Waals surface area contributed by atoms with Crippen molar-refractivity contribution >= 4 is 28.2 Å². The quantitative estimate of drug-likeness (QED) is 0.774. The van der Waals surface area contributed by atoms with Crippen LogP contribution in [-0.4, -0.2) is 28.0 Å². The topological polar surface area (TPSA) is 53.9 Å². The van der Waals surface area contributed by atoms with E-state index in [1.54, 1.807) is 0 Å². The van der Waals surface area contributed by atoms with E-state index < -0.39 is 0 Å². The van der Waals surface area contributed by atoms with Crippen molar-refractivity contribution in [2.75, 3.05) is 23.3 Å². The molecule has 0 spiro atoms. The lowest BCUT2D eigenvalue weighted by Crippen LogP contribution is -2.33. The van der Waals surface area contributed by atoms with Crippen LogP contribution in [0.3, 0.4) is 0 Å². The molecule has 4 rings (SSSR count). The first-order valence-corrected chi connectivity index (χ1v) is 8.90. The number of hydrogen-bond donors (Lipinski definition) is 1. The fraction of sp³-hybridized carbons (Fsp3) is 0.350. The van der Waals surface area contributed by atoms with Gasteiger partial charge in [-0.3, -0.25) is 4.98 Å². The minimum Gasteiger partial charge on any atom is -0.356 e. The lowest BCUT2D eigenvalue weighted by molar-refractivity contribution is 0.436. The van der Waals surface area contributed by atoms with Gasteiger partial charge in [-0.1, -0.05) is 25.1 Å². The minimum atomic E-state index is 0.784. The second kappa shape index (κ2) is 6.67. The van der Waals surface area contributed by atoms with Gasteiger partial charge in [-0.25, -0.2) is 9.97 Å². The Morgan fingerprint density at radius 1 is 1.08 bits per heavy atom. The first-order valence-electron chi connectivity index (χ1n) is 8.90. The predicted molar refractivity (Wildman–Crippen MR) is 102 cm³/mol. The van der Waals surface area contributed by atoms with E-state index in [2.05, 4.69) is 44.2 Å². The van der Waals surface area contributed by atoms with Gasteiger partial charge in [0.1, 0.15) is 17.5 Å². The summed E-state index contributed by atoms with van der Waals surface area (Å²) in [5.41, 5.74) is 1.92. The number of anilines is 3. The number of benzene rings is 1. The Labute approximate surface area is 148 Å².